The number of benzene rings is 2. The summed E-state index contributed by atoms with van der Waals surface area (Å²) in [5.74, 6) is 1.43. The average molecular weight is 389 g/mol. The minimum atomic E-state index is -0.164. The number of amides is 1. The van der Waals surface area contributed by atoms with Gasteiger partial charge < -0.3 is 19.7 Å². The highest BCUT2D eigenvalue weighted by Gasteiger charge is 2.17. The Morgan fingerprint density at radius 2 is 1.76 bits per heavy atom. The molecule has 29 heavy (non-hydrogen) atoms. The summed E-state index contributed by atoms with van der Waals surface area (Å²) in [5.41, 5.74) is 2.29. The third-order valence-electron chi connectivity index (χ3n) is 4.71. The molecule has 1 fully saturated rings. The topological polar surface area (TPSA) is 63.7 Å². The molecule has 1 aliphatic rings. The van der Waals surface area contributed by atoms with Crippen LogP contribution in [-0.2, 0) is 11.3 Å². The van der Waals surface area contributed by atoms with Gasteiger partial charge in [0.15, 0.2) is 5.82 Å². The molecule has 1 saturated heterocycles. The summed E-state index contributed by atoms with van der Waals surface area (Å²) in [4.78, 5) is 19.3. The van der Waals surface area contributed by atoms with E-state index in [2.05, 4.69) is 15.2 Å². The summed E-state index contributed by atoms with van der Waals surface area (Å²) in [6.45, 7) is 3.30. The fourth-order valence-corrected chi connectivity index (χ4v) is 3.15. The van der Waals surface area contributed by atoms with Crippen LogP contribution in [0.2, 0.25) is 0 Å². The van der Waals surface area contributed by atoms with Crippen molar-refractivity contribution in [2.75, 3.05) is 36.5 Å². The molecule has 2 aromatic carbocycles. The zero-order valence-corrected chi connectivity index (χ0v) is 16.1. The van der Waals surface area contributed by atoms with Gasteiger partial charge in [-0.3, -0.25) is 4.79 Å². The monoisotopic (exact) mass is 389 g/mol. The summed E-state index contributed by atoms with van der Waals surface area (Å²) in [6.07, 6.45) is 1.74. The molecule has 3 aromatic rings. The van der Waals surface area contributed by atoms with E-state index in [9.17, 15) is 4.79 Å². The van der Waals surface area contributed by atoms with Crippen LogP contribution in [0.25, 0.3) is 0 Å². The second kappa shape index (κ2) is 9.21. The van der Waals surface area contributed by atoms with Crippen LogP contribution < -0.4 is 15.0 Å². The van der Waals surface area contributed by atoms with Crippen LogP contribution >= 0.6 is 0 Å². The van der Waals surface area contributed by atoms with Gasteiger partial charge in [0.1, 0.15) is 12.4 Å². The summed E-state index contributed by atoms with van der Waals surface area (Å²) in [6, 6.07) is 20.8. The van der Waals surface area contributed by atoms with Gasteiger partial charge in [0.25, 0.3) is 5.91 Å². The number of anilines is 2. The van der Waals surface area contributed by atoms with Crippen molar-refractivity contribution in [3.05, 3.63) is 84.1 Å². The van der Waals surface area contributed by atoms with Gasteiger partial charge in [0.05, 0.1) is 18.9 Å². The number of ether oxygens (including phenoxy) is 2. The molecule has 0 aliphatic carbocycles. The van der Waals surface area contributed by atoms with Crippen LogP contribution in [0.15, 0.2) is 72.9 Å². The van der Waals surface area contributed by atoms with E-state index in [0.29, 0.717) is 31.1 Å². The molecule has 0 saturated carbocycles. The Morgan fingerprint density at radius 3 is 2.52 bits per heavy atom. The Balaban J connectivity index is 1.40. The maximum atomic E-state index is 12.7. The fourth-order valence-electron chi connectivity index (χ4n) is 3.15. The van der Waals surface area contributed by atoms with Gasteiger partial charge in [-0.1, -0.05) is 30.3 Å². The molecule has 0 unspecified atom stereocenters. The minimum absolute atomic E-state index is 0.164. The number of carbonyl (C=O) groups excluding carboxylic acids is 1. The normalized spacial score (nSPS) is 13.7. The molecule has 148 valence electrons. The maximum absolute atomic E-state index is 12.7. The van der Waals surface area contributed by atoms with E-state index >= 15 is 0 Å². The van der Waals surface area contributed by atoms with Crippen molar-refractivity contribution in [3.63, 3.8) is 0 Å². The molecular weight excluding hydrogens is 366 g/mol. The van der Waals surface area contributed by atoms with Gasteiger partial charge in [-0.2, -0.15) is 0 Å². The van der Waals surface area contributed by atoms with Gasteiger partial charge in [-0.05, 0) is 42.0 Å². The van der Waals surface area contributed by atoms with Crippen molar-refractivity contribution >= 4 is 17.4 Å². The maximum Gasteiger partial charge on any atom is 0.255 e. The van der Waals surface area contributed by atoms with Crippen LogP contribution in [0.1, 0.15) is 15.9 Å². The molecule has 1 N–H and O–H groups in total. The highest BCUT2D eigenvalue weighted by atomic mass is 16.5. The summed E-state index contributed by atoms with van der Waals surface area (Å²) in [5, 5.41) is 2.99. The van der Waals surface area contributed by atoms with E-state index in [4.69, 9.17) is 9.47 Å². The SMILES string of the molecule is O=C(Nc1cccnc1N1CCOCC1)c1ccc(COc2ccccc2)cc1. The fraction of sp³-hybridized carbons (Fsp3) is 0.217. The van der Waals surface area contributed by atoms with Gasteiger partial charge in [0.2, 0.25) is 0 Å². The van der Waals surface area contributed by atoms with Crippen LogP contribution in [0.5, 0.6) is 5.75 Å². The average Bonchev–Trinajstić information content (AvgIpc) is 2.80. The molecule has 0 bridgehead atoms. The van der Waals surface area contributed by atoms with Gasteiger partial charge >= 0.3 is 0 Å². The van der Waals surface area contributed by atoms with Crippen LogP contribution in [0.3, 0.4) is 0 Å². The molecular formula is C23H23N3O3. The third kappa shape index (κ3) is 4.92. The lowest BCUT2D eigenvalue weighted by molar-refractivity contribution is 0.102. The summed E-state index contributed by atoms with van der Waals surface area (Å²) >= 11 is 0. The number of nitrogens with zero attached hydrogens (tertiary/aromatic N) is 2. The van der Waals surface area contributed by atoms with E-state index in [1.807, 2.05) is 66.7 Å². The molecule has 1 amide bonds. The summed E-state index contributed by atoms with van der Waals surface area (Å²) < 4.78 is 11.2. The zero-order valence-electron chi connectivity index (χ0n) is 16.1. The largest absolute Gasteiger partial charge is 0.489 e. The first-order valence-electron chi connectivity index (χ1n) is 9.65. The number of carbonyl (C=O) groups is 1. The number of hydrogen-bond donors (Lipinski definition) is 1. The lowest BCUT2D eigenvalue weighted by Crippen LogP contribution is -2.37. The van der Waals surface area contributed by atoms with E-state index in [-0.39, 0.29) is 5.91 Å². The number of morpholine rings is 1. The van der Waals surface area contributed by atoms with Gasteiger partial charge in [-0.15, -0.1) is 0 Å². The first-order chi connectivity index (χ1) is 14.3. The molecule has 4 rings (SSSR count). The third-order valence-corrected chi connectivity index (χ3v) is 4.71. The van der Waals surface area contributed by atoms with Crippen molar-refractivity contribution in [2.24, 2.45) is 0 Å². The Labute approximate surface area is 170 Å². The molecule has 2 heterocycles. The van der Waals surface area contributed by atoms with Crippen molar-refractivity contribution in [2.45, 2.75) is 6.61 Å². The second-order valence-corrected chi connectivity index (χ2v) is 6.73. The van der Waals surface area contributed by atoms with Crippen LogP contribution in [0, 0.1) is 0 Å². The Morgan fingerprint density at radius 1 is 1.00 bits per heavy atom. The van der Waals surface area contributed by atoms with E-state index in [0.717, 1.165) is 30.2 Å². The predicted octanol–water partition coefficient (Wildman–Crippen LogP) is 3.75. The van der Waals surface area contributed by atoms with E-state index < -0.39 is 0 Å². The molecule has 1 aliphatic heterocycles. The number of rotatable bonds is 6. The smallest absolute Gasteiger partial charge is 0.255 e. The highest BCUT2D eigenvalue weighted by Crippen LogP contribution is 2.24. The van der Waals surface area contributed by atoms with Crippen LogP contribution in [-0.4, -0.2) is 37.2 Å². The van der Waals surface area contributed by atoms with Gasteiger partial charge in [0, 0.05) is 24.8 Å². The molecule has 6 nitrogen and oxygen atoms in total. The number of pyridine rings is 1. The highest BCUT2D eigenvalue weighted by molar-refractivity contribution is 6.05. The Kier molecular flexibility index (Phi) is 6.02. The zero-order chi connectivity index (χ0) is 19.9. The molecule has 1 aromatic heterocycles. The first kappa shape index (κ1) is 19.0. The number of aromatic nitrogens is 1. The van der Waals surface area contributed by atoms with Crippen LogP contribution in [0.4, 0.5) is 11.5 Å². The van der Waals surface area contributed by atoms with E-state index in [1.54, 1.807) is 6.20 Å². The molecule has 0 radical (unpaired) electrons. The van der Waals surface area contributed by atoms with Crippen molar-refractivity contribution < 1.29 is 14.3 Å². The Bertz CT molecular complexity index is 939. The van der Waals surface area contributed by atoms with Crippen molar-refractivity contribution in [3.8, 4) is 5.75 Å². The predicted molar refractivity (Wildman–Crippen MR) is 112 cm³/mol. The van der Waals surface area contributed by atoms with Crippen molar-refractivity contribution in [1.82, 2.24) is 4.98 Å². The lowest BCUT2D eigenvalue weighted by atomic mass is 10.1. The van der Waals surface area contributed by atoms with E-state index in [1.165, 1.54) is 0 Å². The number of hydrogen-bond acceptors (Lipinski definition) is 5. The lowest BCUT2D eigenvalue weighted by Gasteiger charge is -2.29. The number of para-hydroxylation sites is 1. The molecule has 6 heteroatoms. The van der Waals surface area contributed by atoms with Crippen molar-refractivity contribution in [1.29, 1.82) is 0 Å². The second-order valence-electron chi connectivity index (χ2n) is 6.73. The summed E-state index contributed by atoms with van der Waals surface area (Å²) in [7, 11) is 0. The standard InChI is InChI=1S/C23H23N3O3/c27-23(25-21-7-4-12-24-22(21)26-13-15-28-16-14-26)19-10-8-18(9-11-19)17-29-20-5-2-1-3-6-20/h1-12H,13-17H2,(H,25,27). The van der Waals surface area contributed by atoms with Gasteiger partial charge in [-0.25, -0.2) is 4.98 Å². The molecule has 0 spiro atoms. The quantitative estimate of drug-likeness (QED) is 0.696. The molecule has 0 atom stereocenters. The first-order valence-corrected chi connectivity index (χ1v) is 9.65. The number of nitrogens with one attached hydrogen (secondary N) is 1. The minimum Gasteiger partial charge on any atom is -0.489 e. The Hall–Kier alpha value is -3.38.